The monoisotopic (exact) mass is 383 g/mol. The number of hydrogen-bond donors (Lipinski definition) is 3. The van der Waals surface area contributed by atoms with Crippen LogP contribution in [-0.4, -0.2) is 15.9 Å². The van der Waals surface area contributed by atoms with Crippen LogP contribution in [0.2, 0.25) is 0 Å². The summed E-state index contributed by atoms with van der Waals surface area (Å²) in [4.78, 5) is 20.5. The highest BCUT2D eigenvalue weighted by Gasteiger charge is 2.08. The number of anilines is 4. The van der Waals surface area contributed by atoms with Gasteiger partial charge in [-0.2, -0.15) is 4.98 Å². The van der Waals surface area contributed by atoms with E-state index in [2.05, 4.69) is 38.1 Å². The van der Waals surface area contributed by atoms with Gasteiger partial charge in [0.05, 0.1) is 5.52 Å². The summed E-state index contributed by atoms with van der Waals surface area (Å²) in [6.07, 6.45) is 0. The molecule has 0 saturated carbocycles. The van der Waals surface area contributed by atoms with Gasteiger partial charge in [-0.15, -0.1) is 0 Å². The molecule has 4 rings (SSSR count). The minimum Gasteiger partial charge on any atom is -0.365 e. The fraction of sp³-hybridized carbons (Fsp3) is 0.0870. The first-order chi connectivity index (χ1) is 14.2. The maximum Gasteiger partial charge on any atom is 0.229 e. The third-order valence-electron chi connectivity index (χ3n) is 4.37. The summed E-state index contributed by atoms with van der Waals surface area (Å²) < 4.78 is 0. The second-order valence-electron chi connectivity index (χ2n) is 6.64. The van der Waals surface area contributed by atoms with Crippen molar-refractivity contribution in [2.45, 2.75) is 13.5 Å². The summed E-state index contributed by atoms with van der Waals surface area (Å²) in [7, 11) is 0. The van der Waals surface area contributed by atoms with E-state index in [1.807, 2.05) is 66.7 Å². The Balaban J connectivity index is 1.58. The SMILES string of the molecule is CC(=O)Nc1ccc(Nc2nc(NCc3ccccc3)c3ccccc3n2)cc1. The van der Waals surface area contributed by atoms with E-state index in [1.165, 1.54) is 12.5 Å². The molecule has 0 atom stereocenters. The van der Waals surface area contributed by atoms with Crippen LogP contribution in [0.15, 0.2) is 78.9 Å². The summed E-state index contributed by atoms with van der Waals surface area (Å²) in [5.74, 6) is 1.18. The van der Waals surface area contributed by atoms with Gasteiger partial charge in [-0.05, 0) is 42.0 Å². The van der Waals surface area contributed by atoms with Crippen molar-refractivity contribution in [3.05, 3.63) is 84.4 Å². The van der Waals surface area contributed by atoms with Gasteiger partial charge in [0, 0.05) is 30.2 Å². The number of carbonyl (C=O) groups is 1. The van der Waals surface area contributed by atoms with Gasteiger partial charge < -0.3 is 16.0 Å². The predicted octanol–water partition coefficient (Wildman–Crippen LogP) is 4.94. The third kappa shape index (κ3) is 4.68. The van der Waals surface area contributed by atoms with Gasteiger partial charge in [0.25, 0.3) is 0 Å². The van der Waals surface area contributed by atoms with Crippen LogP contribution in [0.25, 0.3) is 10.9 Å². The summed E-state index contributed by atoms with van der Waals surface area (Å²) in [5.41, 5.74) is 3.62. The minimum absolute atomic E-state index is 0.0993. The van der Waals surface area contributed by atoms with Crippen LogP contribution in [0.5, 0.6) is 0 Å². The molecule has 3 aromatic carbocycles. The lowest BCUT2D eigenvalue weighted by atomic mass is 10.2. The molecule has 3 N–H and O–H groups in total. The van der Waals surface area contributed by atoms with E-state index in [0.717, 1.165) is 28.1 Å². The van der Waals surface area contributed by atoms with E-state index in [0.29, 0.717) is 12.5 Å². The maximum absolute atomic E-state index is 11.2. The van der Waals surface area contributed by atoms with E-state index in [1.54, 1.807) is 0 Å². The molecule has 0 fully saturated rings. The Morgan fingerprint density at radius 1 is 0.828 bits per heavy atom. The van der Waals surface area contributed by atoms with E-state index in [9.17, 15) is 4.79 Å². The van der Waals surface area contributed by atoms with Crippen molar-refractivity contribution in [1.29, 1.82) is 0 Å². The van der Waals surface area contributed by atoms with Gasteiger partial charge in [0.1, 0.15) is 5.82 Å². The molecule has 0 aliphatic heterocycles. The maximum atomic E-state index is 11.2. The number of aromatic nitrogens is 2. The zero-order chi connectivity index (χ0) is 20.1. The molecule has 0 spiro atoms. The summed E-state index contributed by atoms with van der Waals surface area (Å²) in [6, 6.07) is 25.5. The smallest absolute Gasteiger partial charge is 0.229 e. The second kappa shape index (κ2) is 8.39. The Labute approximate surface area is 169 Å². The van der Waals surface area contributed by atoms with Crippen LogP contribution in [0.1, 0.15) is 12.5 Å². The number of nitrogens with zero attached hydrogens (tertiary/aromatic N) is 2. The standard InChI is InChI=1S/C23H21N5O/c1-16(29)25-18-11-13-19(14-12-18)26-23-27-21-10-6-5-9-20(21)22(28-23)24-15-17-7-3-2-4-8-17/h2-14H,15H2,1H3,(H,25,29)(H2,24,26,27,28). The molecule has 6 nitrogen and oxygen atoms in total. The Bertz CT molecular complexity index is 1130. The Morgan fingerprint density at radius 2 is 1.52 bits per heavy atom. The number of amides is 1. The topological polar surface area (TPSA) is 78.9 Å². The van der Waals surface area contributed by atoms with E-state index in [4.69, 9.17) is 0 Å². The fourth-order valence-corrected chi connectivity index (χ4v) is 3.02. The van der Waals surface area contributed by atoms with Crippen LogP contribution < -0.4 is 16.0 Å². The molecule has 1 amide bonds. The molecule has 0 bridgehead atoms. The predicted molar refractivity (Wildman–Crippen MR) is 117 cm³/mol. The van der Waals surface area contributed by atoms with Crippen molar-refractivity contribution >= 4 is 40.0 Å². The van der Waals surface area contributed by atoms with E-state index in [-0.39, 0.29) is 5.91 Å². The third-order valence-corrected chi connectivity index (χ3v) is 4.37. The number of fused-ring (bicyclic) bond motifs is 1. The lowest BCUT2D eigenvalue weighted by molar-refractivity contribution is -0.114. The number of para-hydroxylation sites is 1. The van der Waals surface area contributed by atoms with Gasteiger partial charge in [-0.25, -0.2) is 4.98 Å². The molecule has 6 heteroatoms. The van der Waals surface area contributed by atoms with Crippen molar-refractivity contribution in [1.82, 2.24) is 9.97 Å². The number of rotatable bonds is 6. The van der Waals surface area contributed by atoms with Gasteiger partial charge in [-0.1, -0.05) is 42.5 Å². The molecular weight excluding hydrogens is 362 g/mol. The molecule has 0 radical (unpaired) electrons. The molecule has 4 aromatic rings. The number of nitrogens with one attached hydrogen (secondary N) is 3. The van der Waals surface area contributed by atoms with Crippen molar-refractivity contribution in [2.75, 3.05) is 16.0 Å². The highest BCUT2D eigenvalue weighted by atomic mass is 16.1. The minimum atomic E-state index is -0.0993. The molecule has 0 aliphatic rings. The quantitative estimate of drug-likeness (QED) is 0.439. The Kier molecular flexibility index (Phi) is 5.33. The molecule has 144 valence electrons. The largest absolute Gasteiger partial charge is 0.365 e. The summed E-state index contributed by atoms with van der Waals surface area (Å²) in [5, 5.41) is 10.4. The molecule has 0 saturated heterocycles. The van der Waals surface area contributed by atoms with Crippen LogP contribution in [0.3, 0.4) is 0 Å². The zero-order valence-corrected chi connectivity index (χ0v) is 16.0. The van der Waals surface area contributed by atoms with Crippen LogP contribution in [-0.2, 0) is 11.3 Å². The van der Waals surface area contributed by atoms with E-state index < -0.39 is 0 Å². The van der Waals surface area contributed by atoms with Gasteiger partial charge >= 0.3 is 0 Å². The Hall–Kier alpha value is -3.93. The fourth-order valence-electron chi connectivity index (χ4n) is 3.02. The highest BCUT2D eigenvalue weighted by molar-refractivity contribution is 5.90. The van der Waals surface area contributed by atoms with E-state index >= 15 is 0 Å². The number of benzene rings is 3. The van der Waals surface area contributed by atoms with Crippen molar-refractivity contribution in [3.63, 3.8) is 0 Å². The lowest BCUT2D eigenvalue weighted by Gasteiger charge is -2.12. The van der Waals surface area contributed by atoms with Crippen molar-refractivity contribution in [2.24, 2.45) is 0 Å². The molecule has 1 aromatic heterocycles. The first kappa shape index (κ1) is 18.4. The average molecular weight is 383 g/mol. The summed E-state index contributed by atoms with van der Waals surface area (Å²) >= 11 is 0. The number of hydrogen-bond acceptors (Lipinski definition) is 5. The van der Waals surface area contributed by atoms with Crippen LogP contribution in [0.4, 0.5) is 23.1 Å². The number of carbonyl (C=O) groups excluding carboxylic acids is 1. The zero-order valence-electron chi connectivity index (χ0n) is 16.0. The van der Waals surface area contributed by atoms with Gasteiger partial charge in [0.15, 0.2) is 0 Å². The second-order valence-corrected chi connectivity index (χ2v) is 6.64. The first-order valence-corrected chi connectivity index (χ1v) is 9.37. The highest BCUT2D eigenvalue weighted by Crippen LogP contribution is 2.24. The van der Waals surface area contributed by atoms with Crippen molar-refractivity contribution < 1.29 is 4.79 Å². The first-order valence-electron chi connectivity index (χ1n) is 9.37. The van der Waals surface area contributed by atoms with Crippen LogP contribution >= 0.6 is 0 Å². The van der Waals surface area contributed by atoms with Gasteiger partial charge in [-0.3, -0.25) is 4.79 Å². The normalized spacial score (nSPS) is 10.5. The average Bonchev–Trinajstić information content (AvgIpc) is 2.74. The lowest BCUT2D eigenvalue weighted by Crippen LogP contribution is -2.06. The molecule has 0 unspecified atom stereocenters. The molecule has 1 heterocycles. The van der Waals surface area contributed by atoms with Crippen LogP contribution in [0, 0.1) is 0 Å². The Morgan fingerprint density at radius 3 is 2.28 bits per heavy atom. The molecular formula is C23H21N5O. The molecule has 0 aliphatic carbocycles. The summed E-state index contributed by atoms with van der Waals surface area (Å²) in [6.45, 7) is 2.16. The molecule has 29 heavy (non-hydrogen) atoms. The van der Waals surface area contributed by atoms with Crippen molar-refractivity contribution in [3.8, 4) is 0 Å². The van der Waals surface area contributed by atoms with Gasteiger partial charge in [0.2, 0.25) is 11.9 Å².